The molecule has 0 aliphatic heterocycles. The van der Waals surface area contributed by atoms with Crippen molar-refractivity contribution in [3.05, 3.63) is 44.8 Å². The molecule has 1 aliphatic rings. The molecule has 0 bridgehead atoms. The van der Waals surface area contributed by atoms with Crippen LogP contribution in [0.25, 0.3) is 10.2 Å². The number of hydrogen-bond acceptors (Lipinski definition) is 6. The van der Waals surface area contributed by atoms with Gasteiger partial charge in [0.25, 0.3) is 5.56 Å². The first-order chi connectivity index (χ1) is 14.0. The standard InChI is InChI=1S/C22H27N3O3S/c1-5-28-16-9-7-14(11-17(16)27-4)23-13(3)20-24-21(26)19-15-8-6-12(2)10-18(15)29-22(19)25-20/h7,9,11-13,23H,5-6,8,10H2,1-4H3,(H,24,25,26)/t12-,13-/m1/s1. The summed E-state index contributed by atoms with van der Waals surface area (Å²) in [6, 6.07) is 5.55. The average molecular weight is 414 g/mol. The van der Waals surface area contributed by atoms with Crippen molar-refractivity contribution < 1.29 is 9.47 Å². The predicted octanol–water partition coefficient (Wildman–Crippen LogP) is 4.69. The van der Waals surface area contributed by atoms with Crippen LogP contribution in [0.2, 0.25) is 0 Å². The maximum Gasteiger partial charge on any atom is 0.259 e. The van der Waals surface area contributed by atoms with Gasteiger partial charge in [0, 0.05) is 16.6 Å². The highest BCUT2D eigenvalue weighted by atomic mass is 32.1. The second kappa shape index (κ2) is 8.06. The van der Waals surface area contributed by atoms with E-state index >= 15 is 0 Å². The molecule has 3 aromatic rings. The van der Waals surface area contributed by atoms with Gasteiger partial charge >= 0.3 is 0 Å². The van der Waals surface area contributed by atoms with E-state index in [0.29, 0.717) is 29.8 Å². The number of aryl methyl sites for hydroxylation is 1. The van der Waals surface area contributed by atoms with Gasteiger partial charge in [0.1, 0.15) is 10.7 Å². The zero-order valence-electron chi connectivity index (χ0n) is 17.3. The molecule has 2 N–H and O–H groups in total. The monoisotopic (exact) mass is 413 g/mol. The number of hydrogen-bond donors (Lipinski definition) is 2. The van der Waals surface area contributed by atoms with E-state index in [9.17, 15) is 4.79 Å². The number of ether oxygens (including phenoxy) is 2. The number of H-pyrrole nitrogens is 1. The van der Waals surface area contributed by atoms with Gasteiger partial charge in [0.05, 0.1) is 25.1 Å². The number of methoxy groups -OCH3 is 1. The van der Waals surface area contributed by atoms with Crippen molar-refractivity contribution >= 4 is 27.2 Å². The molecule has 0 radical (unpaired) electrons. The molecule has 1 aliphatic carbocycles. The van der Waals surface area contributed by atoms with Crippen molar-refractivity contribution in [3.8, 4) is 11.5 Å². The van der Waals surface area contributed by atoms with Crippen molar-refractivity contribution in [2.24, 2.45) is 5.92 Å². The Morgan fingerprint density at radius 2 is 2.21 bits per heavy atom. The smallest absolute Gasteiger partial charge is 0.259 e. The van der Waals surface area contributed by atoms with Gasteiger partial charge in [-0.3, -0.25) is 4.79 Å². The molecular formula is C22H27N3O3S. The maximum atomic E-state index is 12.8. The van der Waals surface area contributed by atoms with Gasteiger partial charge in [0.15, 0.2) is 11.5 Å². The van der Waals surface area contributed by atoms with Crippen LogP contribution in [0.1, 0.15) is 49.5 Å². The molecule has 0 spiro atoms. The Labute approximate surface area is 174 Å². The first-order valence-corrected chi connectivity index (χ1v) is 10.9. The maximum absolute atomic E-state index is 12.8. The molecule has 4 rings (SSSR count). The summed E-state index contributed by atoms with van der Waals surface area (Å²) in [5.74, 6) is 2.69. The third kappa shape index (κ3) is 3.83. The quantitative estimate of drug-likeness (QED) is 0.613. The number of anilines is 1. The van der Waals surface area contributed by atoms with Crippen molar-refractivity contribution in [1.82, 2.24) is 9.97 Å². The van der Waals surface area contributed by atoms with Crippen molar-refractivity contribution in [2.75, 3.05) is 19.0 Å². The summed E-state index contributed by atoms with van der Waals surface area (Å²) < 4.78 is 11.0. The minimum Gasteiger partial charge on any atom is -0.493 e. The largest absolute Gasteiger partial charge is 0.493 e. The lowest BCUT2D eigenvalue weighted by Gasteiger charge is -2.17. The molecular weight excluding hydrogens is 386 g/mol. The topological polar surface area (TPSA) is 76.2 Å². The van der Waals surface area contributed by atoms with Crippen molar-refractivity contribution in [1.29, 1.82) is 0 Å². The first kappa shape index (κ1) is 19.8. The molecule has 2 heterocycles. The molecule has 2 atom stereocenters. The Hall–Kier alpha value is -2.54. The molecule has 6 nitrogen and oxygen atoms in total. The predicted molar refractivity (Wildman–Crippen MR) is 118 cm³/mol. The zero-order valence-corrected chi connectivity index (χ0v) is 18.1. The molecule has 7 heteroatoms. The first-order valence-electron chi connectivity index (χ1n) is 10.1. The summed E-state index contributed by atoms with van der Waals surface area (Å²) in [5, 5.41) is 4.19. The number of benzene rings is 1. The molecule has 0 saturated heterocycles. The number of fused-ring (bicyclic) bond motifs is 3. The molecule has 0 fully saturated rings. The highest BCUT2D eigenvalue weighted by Crippen LogP contribution is 2.36. The van der Waals surface area contributed by atoms with Crippen molar-refractivity contribution in [3.63, 3.8) is 0 Å². The van der Waals surface area contributed by atoms with E-state index < -0.39 is 0 Å². The van der Waals surface area contributed by atoms with E-state index in [4.69, 9.17) is 14.5 Å². The lowest BCUT2D eigenvalue weighted by molar-refractivity contribution is 0.311. The van der Waals surface area contributed by atoms with Crippen LogP contribution < -0.4 is 20.3 Å². The van der Waals surface area contributed by atoms with Gasteiger partial charge in [-0.15, -0.1) is 11.3 Å². The van der Waals surface area contributed by atoms with Gasteiger partial charge in [-0.1, -0.05) is 6.92 Å². The molecule has 0 saturated carbocycles. The molecule has 29 heavy (non-hydrogen) atoms. The SMILES string of the molecule is CCOc1ccc(N[C@H](C)c2nc3sc4c(c3c(=O)[nH]2)CC[C@@H](C)C4)cc1OC. The number of nitrogens with one attached hydrogen (secondary N) is 2. The summed E-state index contributed by atoms with van der Waals surface area (Å²) >= 11 is 1.67. The highest BCUT2D eigenvalue weighted by Gasteiger charge is 2.23. The van der Waals surface area contributed by atoms with Gasteiger partial charge in [-0.05, 0) is 56.7 Å². The summed E-state index contributed by atoms with van der Waals surface area (Å²) in [4.78, 5) is 22.8. The Morgan fingerprint density at radius 1 is 1.38 bits per heavy atom. The second-order valence-corrected chi connectivity index (χ2v) is 8.73. The zero-order chi connectivity index (χ0) is 20.5. The summed E-state index contributed by atoms with van der Waals surface area (Å²) in [6.45, 7) is 6.78. The van der Waals surface area contributed by atoms with Gasteiger partial charge in [-0.25, -0.2) is 4.98 Å². The highest BCUT2D eigenvalue weighted by molar-refractivity contribution is 7.18. The van der Waals surface area contributed by atoms with Crippen molar-refractivity contribution in [2.45, 2.75) is 46.1 Å². The Balaban J connectivity index is 1.62. The fourth-order valence-corrected chi connectivity index (χ4v) is 5.31. The second-order valence-electron chi connectivity index (χ2n) is 7.65. The number of nitrogens with zero attached hydrogens (tertiary/aromatic N) is 1. The van der Waals surface area contributed by atoms with Gasteiger partial charge < -0.3 is 19.8 Å². The van der Waals surface area contributed by atoms with Crippen LogP contribution in [0.15, 0.2) is 23.0 Å². The van der Waals surface area contributed by atoms with Crippen LogP contribution in [0, 0.1) is 5.92 Å². The van der Waals surface area contributed by atoms with E-state index in [1.54, 1.807) is 18.4 Å². The molecule has 1 aromatic carbocycles. The Bertz CT molecular complexity index is 1090. The van der Waals surface area contributed by atoms with Crippen LogP contribution >= 0.6 is 11.3 Å². The number of aromatic nitrogens is 2. The van der Waals surface area contributed by atoms with E-state index in [-0.39, 0.29) is 11.6 Å². The fraction of sp³-hybridized carbons (Fsp3) is 0.455. The lowest BCUT2D eigenvalue weighted by Crippen LogP contribution is -2.18. The van der Waals surface area contributed by atoms with Gasteiger partial charge in [0.2, 0.25) is 0 Å². The van der Waals surface area contributed by atoms with Crippen LogP contribution in [0.4, 0.5) is 5.69 Å². The Morgan fingerprint density at radius 3 is 2.97 bits per heavy atom. The van der Waals surface area contributed by atoms with Crippen LogP contribution in [-0.4, -0.2) is 23.7 Å². The fourth-order valence-electron chi connectivity index (χ4n) is 3.92. The minimum atomic E-state index is -0.159. The van der Waals surface area contributed by atoms with E-state index in [1.165, 1.54) is 10.4 Å². The van der Waals surface area contributed by atoms with Gasteiger partial charge in [-0.2, -0.15) is 0 Å². The number of aromatic amines is 1. The minimum absolute atomic E-state index is 0.0324. The van der Waals surface area contributed by atoms with E-state index in [0.717, 1.165) is 35.2 Å². The normalized spacial score (nSPS) is 17.0. The van der Waals surface area contributed by atoms with E-state index in [1.807, 2.05) is 32.0 Å². The third-order valence-corrected chi connectivity index (χ3v) is 6.59. The number of thiophene rings is 1. The Kier molecular flexibility index (Phi) is 5.50. The molecule has 2 aromatic heterocycles. The summed E-state index contributed by atoms with van der Waals surface area (Å²) in [5.41, 5.74) is 2.05. The van der Waals surface area contributed by atoms with E-state index in [2.05, 4.69) is 17.2 Å². The van der Waals surface area contributed by atoms with Crippen LogP contribution in [0.3, 0.4) is 0 Å². The summed E-state index contributed by atoms with van der Waals surface area (Å²) in [7, 11) is 1.62. The number of rotatable bonds is 6. The van der Waals surface area contributed by atoms with Crippen LogP contribution in [-0.2, 0) is 12.8 Å². The lowest BCUT2D eigenvalue weighted by atomic mass is 9.89. The third-order valence-electron chi connectivity index (χ3n) is 5.44. The average Bonchev–Trinajstić information content (AvgIpc) is 3.07. The molecule has 154 valence electrons. The molecule has 0 unspecified atom stereocenters. The molecule has 0 amide bonds. The summed E-state index contributed by atoms with van der Waals surface area (Å²) in [6.07, 6.45) is 3.16. The van der Waals surface area contributed by atoms with Crippen LogP contribution in [0.5, 0.6) is 11.5 Å².